The molecule has 17 heavy (non-hydrogen) atoms. The molecule has 1 aliphatic rings. The van der Waals surface area contributed by atoms with Crippen molar-refractivity contribution in [2.45, 2.75) is 13.3 Å². The van der Waals surface area contributed by atoms with Gasteiger partial charge in [0.25, 0.3) is 5.91 Å². The Hall–Kier alpha value is -1.06. The van der Waals surface area contributed by atoms with Gasteiger partial charge in [-0.05, 0) is 18.1 Å². The standard InChI is InChI=1S/C13H18N2O.ClH/c1-2-11-5-3-4-6-12(11)13(16)15-9-7-14-8-10-15;/h3-6,14H,2,7-10H2,1H3;1H. The average molecular weight is 255 g/mol. The van der Waals surface area contributed by atoms with Crippen LogP contribution in [0, 0.1) is 0 Å². The molecule has 0 aromatic heterocycles. The van der Waals surface area contributed by atoms with Gasteiger partial charge in [0, 0.05) is 31.7 Å². The van der Waals surface area contributed by atoms with Crippen LogP contribution in [0.2, 0.25) is 0 Å². The molecule has 4 heteroatoms. The van der Waals surface area contributed by atoms with Crippen molar-refractivity contribution in [2.75, 3.05) is 26.2 Å². The zero-order valence-electron chi connectivity index (χ0n) is 10.1. The second-order valence-corrected chi connectivity index (χ2v) is 4.05. The number of piperazine rings is 1. The Morgan fingerprint density at radius 3 is 2.59 bits per heavy atom. The first-order valence-electron chi connectivity index (χ1n) is 5.91. The monoisotopic (exact) mass is 254 g/mol. The zero-order chi connectivity index (χ0) is 11.4. The minimum atomic E-state index is 0. The molecule has 0 radical (unpaired) electrons. The molecule has 1 aliphatic heterocycles. The summed E-state index contributed by atoms with van der Waals surface area (Å²) in [6.07, 6.45) is 0.911. The van der Waals surface area contributed by atoms with E-state index in [1.807, 2.05) is 29.2 Å². The number of carbonyl (C=O) groups is 1. The minimum Gasteiger partial charge on any atom is -0.336 e. The maximum absolute atomic E-state index is 12.3. The third kappa shape index (κ3) is 3.20. The summed E-state index contributed by atoms with van der Waals surface area (Å²) in [4.78, 5) is 14.2. The summed E-state index contributed by atoms with van der Waals surface area (Å²) in [5.74, 6) is 0.180. The highest BCUT2D eigenvalue weighted by Crippen LogP contribution is 2.12. The van der Waals surface area contributed by atoms with Crippen LogP contribution in [0.3, 0.4) is 0 Å². The Bertz CT molecular complexity index is 375. The van der Waals surface area contributed by atoms with E-state index in [0.29, 0.717) is 0 Å². The Morgan fingerprint density at radius 1 is 1.29 bits per heavy atom. The van der Waals surface area contributed by atoms with E-state index in [2.05, 4.69) is 12.2 Å². The molecular formula is C13H19ClN2O. The van der Waals surface area contributed by atoms with Crippen LogP contribution in [-0.2, 0) is 6.42 Å². The fourth-order valence-corrected chi connectivity index (χ4v) is 2.08. The van der Waals surface area contributed by atoms with E-state index < -0.39 is 0 Å². The number of hydrogen-bond acceptors (Lipinski definition) is 2. The topological polar surface area (TPSA) is 32.3 Å². The highest BCUT2D eigenvalue weighted by molar-refractivity contribution is 5.95. The second-order valence-electron chi connectivity index (χ2n) is 4.05. The lowest BCUT2D eigenvalue weighted by Crippen LogP contribution is -2.46. The quantitative estimate of drug-likeness (QED) is 0.872. The van der Waals surface area contributed by atoms with Crippen molar-refractivity contribution in [3.8, 4) is 0 Å². The van der Waals surface area contributed by atoms with Crippen molar-refractivity contribution >= 4 is 18.3 Å². The van der Waals surface area contributed by atoms with Gasteiger partial charge >= 0.3 is 0 Å². The van der Waals surface area contributed by atoms with Crippen molar-refractivity contribution in [3.63, 3.8) is 0 Å². The SMILES string of the molecule is CCc1ccccc1C(=O)N1CCNCC1.Cl. The number of halogens is 1. The Balaban J connectivity index is 0.00000144. The number of benzene rings is 1. The van der Waals surface area contributed by atoms with Gasteiger partial charge in [-0.15, -0.1) is 12.4 Å². The van der Waals surface area contributed by atoms with E-state index in [1.54, 1.807) is 0 Å². The first-order chi connectivity index (χ1) is 7.83. The fourth-order valence-electron chi connectivity index (χ4n) is 2.08. The molecular weight excluding hydrogens is 236 g/mol. The third-order valence-electron chi connectivity index (χ3n) is 3.03. The number of amides is 1. The van der Waals surface area contributed by atoms with Crippen molar-refractivity contribution in [2.24, 2.45) is 0 Å². The fraction of sp³-hybridized carbons (Fsp3) is 0.462. The molecule has 1 saturated heterocycles. The number of aryl methyl sites for hydroxylation is 1. The number of carbonyl (C=O) groups excluding carboxylic acids is 1. The predicted octanol–water partition coefficient (Wildman–Crippen LogP) is 1.72. The Morgan fingerprint density at radius 2 is 1.94 bits per heavy atom. The van der Waals surface area contributed by atoms with E-state index >= 15 is 0 Å². The molecule has 94 valence electrons. The highest BCUT2D eigenvalue weighted by atomic mass is 35.5. The van der Waals surface area contributed by atoms with E-state index in [0.717, 1.165) is 43.7 Å². The van der Waals surface area contributed by atoms with Crippen LogP contribution in [0.15, 0.2) is 24.3 Å². The van der Waals surface area contributed by atoms with Crippen molar-refractivity contribution in [1.29, 1.82) is 0 Å². The number of nitrogens with zero attached hydrogens (tertiary/aromatic N) is 1. The molecule has 3 nitrogen and oxygen atoms in total. The first kappa shape index (κ1) is 14.0. The molecule has 1 fully saturated rings. The largest absolute Gasteiger partial charge is 0.336 e. The van der Waals surface area contributed by atoms with E-state index in [-0.39, 0.29) is 18.3 Å². The van der Waals surface area contributed by atoms with E-state index in [9.17, 15) is 4.79 Å². The Labute approximate surface area is 109 Å². The molecule has 1 amide bonds. The van der Waals surface area contributed by atoms with Gasteiger partial charge in [-0.1, -0.05) is 25.1 Å². The highest BCUT2D eigenvalue weighted by Gasteiger charge is 2.19. The lowest BCUT2D eigenvalue weighted by molar-refractivity contribution is 0.0734. The second kappa shape index (κ2) is 6.62. The smallest absolute Gasteiger partial charge is 0.254 e. The molecule has 0 bridgehead atoms. The van der Waals surface area contributed by atoms with Gasteiger partial charge < -0.3 is 10.2 Å². The van der Waals surface area contributed by atoms with Gasteiger partial charge in [-0.25, -0.2) is 0 Å². The van der Waals surface area contributed by atoms with E-state index in [4.69, 9.17) is 0 Å². The van der Waals surface area contributed by atoms with Crippen LogP contribution >= 0.6 is 12.4 Å². The van der Waals surface area contributed by atoms with Crippen molar-refractivity contribution in [3.05, 3.63) is 35.4 Å². The van der Waals surface area contributed by atoms with Gasteiger partial charge in [0.2, 0.25) is 0 Å². The van der Waals surface area contributed by atoms with Crippen molar-refractivity contribution in [1.82, 2.24) is 10.2 Å². The van der Waals surface area contributed by atoms with Crippen LogP contribution in [0.4, 0.5) is 0 Å². The summed E-state index contributed by atoms with van der Waals surface area (Å²) in [5, 5.41) is 3.26. The molecule has 0 atom stereocenters. The Kier molecular flexibility index (Phi) is 5.45. The molecule has 0 spiro atoms. The maximum Gasteiger partial charge on any atom is 0.254 e. The summed E-state index contributed by atoms with van der Waals surface area (Å²) >= 11 is 0. The molecule has 1 N–H and O–H groups in total. The predicted molar refractivity (Wildman–Crippen MR) is 71.8 cm³/mol. The lowest BCUT2D eigenvalue weighted by atomic mass is 10.0. The van der Waals surface area contributed by atoms with Gasteiger partial charge in [-0.2, -0.15) is 0 Å². The van der Waals surface area contributed by atoms with Gasteiger partial charge in [0.05, 0.1) is 0 Å². The normalized spacial score (nSPS) is 15.2. The summed E-state index contributed by atoms with van der Waals surface area (Å²) in [5.41, 5.74) is 2.01. The number of nitrogens with one attached hydrogen (secondary N) is 1. The average Bonchev–Trinajstić information content (AvgIpc) is 2.39. The summed E-state index contributed by atoms with van der Waals surface area (Å²) in [6, 6.07) is 7.90. The lowest BCUT2D eigenvalue weighted by Gasteiger charge is -2.28. The van der Waals surface area contributed by atoms with E-state index in [1.165, 1.54) is 0 Å². The van der Waals surface area contributed by atoms with Crippen LogP contribution < -0.4 is 5.32 Å². The molecule has 0 aliphatic carbocycles. The summed E-state index contributed by atoms with van der Waals surface area (Å²) < 4.78 is 0. The maximum atomic E-state index is 12.3. The molecule has 0 saturated carbocycles. The van der Waals surface area contributed by atoms with Gasteiger partial charge in [0.15, 0.2) is 0 Å². The number of hydrogen-bond donors (Lipinski definition) is 1. The molecule has 1 aromatic carbocycles. The van der Waals surface area contributed by atoms with Gasteiger partial charge in [-0.3, -0.25) is 4.79 Å². The van der Waals surface area contributed by atoms with Crippen LogP contribution in [0.5, 0.6) is 0 Å². The zero-order valence-corrected chi connectivity index (χ0v) is 10.9. The van der Waals surface area contributed by atoms with Crippen LogP contribution in [-0.4, -0.2) is 37.0 Å². The molecule has 1 heterocycles. The molecule has 1 aromatic rings. The summed E-state index contributed by atoms with van der Waals surface area (Å²) in [6.45, 7) is 5.53. The number of rotatable bonds is 2. The van der Waals surface area contributed by atoms with Crippen LogP contribution in [0.1, 0.15) is 22.8 Å². The van der Waals surface area contributed by atoms with Gasteiger partial charge in [0.1, 0.15) is 0 Å². The van der Waals surface area contributed by atoms with Crippen molar-refractivity contribution < 1.29 is 4.79 Å². The third-order valence-corrected chi connectivity index (χ3v) is 3.03. The molecule has 2 rings (SSSR count). The van der Waals surface area contributed by atoms with Crippen LogP contribution in [0.25, 0.3) is 0 Å². The summed E-state index contributed by atoms with van der Waals surface area (Å²) in [7, 11) is 0. The minimum absolute atomic E-state index is 0. The first-order valence-corrected chi connectivity index (χ1v) is 5.91. The molecule has 0 unspecified atom stereocenters.